The fourth-order valence-corrected chi connectivity index (χ4v) is 2.25. The second kappa shape index (κ2) is 9.06. The van der Waals surface area contributed by atoms with Gasteiger partial charge in [0.2, 0.25) is 0 Å². The van der Waals surface area contributed by atoms with Crippen molar-refractivity contribution in [1.29, 1.82) is 5.26 Å². The SMILES string of the molecule is N#Cc1ccccc1CNCCSCCCO. The molecule has 1 aromatic rings. The van der Waals surface area contributed by atoms with Crippen LogP contribution in [-0.4, -0.2) is 29.8 Å². The van der Waals surface area contributed by atoms with Crippen LogP contribution in [0, 0.1) is 11.3 Å². The third-order valence-corrected chi connectivity index (χ3v) is 3.39. The molecule has 0 bridgehead atoms. The molecule has 0 unspecified atom stereocenters. The van der Waals surface area contributed by atoms with Crippen LogP contribution in [0.5, 0.6) is 0 Å². The van der Waals surface area contributed by atoms with Crippen molar-refractivity contribution in [3.05, 3.63) is 35.4 Å². The van der Waals surface area contributed by atoms with Crippen LogP contribution in [0.25, 0.3) is 0 Å². The Hall–Kier alpha value is -1.02. The first kappa shape index (κ1) is 14.0. The number of hydrogen-bond acceptors (Lipinski definition) is 4. The maximum Gasteiger partial charge on any atom is 0.0995 e. The van der Waals surface area contributed by atoms with Crippen molar-refractivity contribution in [3.63, 3.8) is 0 Å². The lowest BCUT2D eigenvalue weighted by molar-refractivity contribution is 0.296. The highest BCUT2D eigenvalue weighted by Crippen LogP contribution is 2.06. The molecule has 0 saturated heterocycles. The Balaban J connectivity index is 2.16. The molecule has 0 spiro atoms. The molecule has 0 amide bonds. The summed E-state index contributed by atoms with van der Waals surface area (Å²) in [4.78, 5) is 0. The number of benzene rings is 1. The summed E-state index contributed by atoms with van der Waals surface area (Å²) >= 11 is 1.84. The second-order valence-corrected chi connectivity index (χ2v) is 4.86. The molecule has 0 aromatic heterocycles. The van der Waals surface area contributed by atoms with Crippen LogP contribution in [-0.2, 0) is 6.54 Å². The quantitative estimate of drug-likeness (QED) is 0.690. The second-order valence-electron chi connectivity index (χ2n) is 3.64. The van der Waals surface area contributed by atoms with Gasteiger partial charge in [-0.1, -0.05) is 18.2 Å². The van der Waals surface area contributed by atoms with Crippen LogP contribution in [0.1, 0.15) is 17.5 Å². The zero-order chi connectivity index (χ0) is 12.3. The molecule has 0 saturated carbocycles. The van der Waals surface area contributed by atoms with Crippen LogP contribution in [0.15, 0.2) is 24.3 Å². The fourth-order valence-electron chi connectivity index (χ4n) is 1.42. The van der Waals surface area contributed by atoms with Crippen LogP contribution >= 0.6 is 11.8 Å². The van der Waals surface area contributed by atoms with Crippen LogP contribution in [0.3, 0.4) is 0 Å². The van der Waals surface area contributed by atoms with E-state index < -0.39 is 0 Å². The number of aliphatic hydroxyl groups is 1. The molecule has 0 heterocycles. The minimum absolute atomic E-state index is 0.274. The number of nitriles is 1. The summed E-state index contributed by atoms with van der Waals surface area (Å²) in [5.74, 6) is 2.04. The summed E-state index contributed by atoms with van der Waals surface area (Å²) in [5.41, 5.74) is 1.79. The zero-order valence-corrected chi connectivity index (χ0v) is 10.7. The van der Waals surface area contributed by atoms with Gasteiger partial charge in [-0.05, 0) is 23.8 Å². The lowest BCUT2D eigenvalue weighted by atomic mass is 10.1. The summed E-state index contributed by atoms with van der Waals surface area (Å²) in [6.45, 7) is 1.94. The summed E-state index contributed by atoms with van der Waals surface area (Å²) in [6, 6.07) is 9.84. The summed E-state index contributed by atoms with van der Waals surface area (Å²) in [5, 5.41) is 20.8. The van der Waals surface area contributed by atoms with E-state index in [4.69, 9.17) is 10.4 Å². The van der Waals surface area contributed by atoms with Crippen LogP contribution in [0.4, 0.5) is 0 Å². The maximum absolute atomic E-state index is 8.91. The van der Waals surface area contributed by atoms with Gasteiger partial charge in [0.15, 0.2) is 0 Å². The van der Waals surface area contributed by atoms with Gasteiger partial charge in [0, 0.05) is 25.4 Å². The van der Waals surface area contributed by atoms with Gasteiger partial charge in [-0.2, -0.15) is 17.0 Å². The predicted octanol–water partition coefficient (Wildman–Crippen LogP) is 1.76. The highest BCUT2D eigenvalue weighted by molar-refractivity contribution is 7.99. The highest BCUT2D eigenvalue weighted by atomic mass is 32.2. The van der Waals surface area contributed by atoms with E-state index in [2.05, 4.69) is 11.4 Å². The largest absolute Gasteiger partial charge is 0.396 e. The van der Waals surface area contributed by atoms with Crippen molar-refractivity contribution in [2.75, 3.05) is 24.7 Å². The fraction of sp³-hybridized carbons (Fsp3) is 0.462. The van der Waals surface area contributed by atoms with Crippen molar-refractivity contribution in [3.8, 4) is 6.07 Å². The zero-order valence-electron chi connectivity index (χ0n) is 9.85. The summed E-state index contributed by atoms with van der Waals surface area (Å²) < 4.78 is 0. The van der Waals surface area contributed by atoms with Gasteiger partial charge in [0.05, 0.1) is 11.6 Å². The van der Waals surface area contributed by atoms with Gasteiger partial charge in [-0.25, -0.2) is 0 Å². The summed E-state index contributed by atoms with van der Waals surface area (Å²) in [7, 11) is 0. The minimum Gasteiger partial charge on any atom is -0.396 e. The van der Waals surface area contributed by atoms with Gasteiger partial charge < -0.3 is 10.4 Å². The Kier molecular flexibility index (Phi) is 7.48. The average molecular weight is 250 g/mol. The molecule has 17 heavy (non-hydrogen) atoms. The Labute approximate surface area is 107 Å². The molecular formula is C13H18N2OS. The van der Waals surface area contributed by atoms with E-state index in [9.17, 15) is 0 Å². The van der Waals surface area contributed by atoms with Gasteiger partial charge in [-0.3, -0.25) is 0 Å². The van der Waals surface area contributed by atoms with Gasteiger partial charge in [0.1, 0.15) is 0 Å². The number of aliphatic hydroxyl groups excluding tert-OH is 1. The molecule has 0 aliphatic rings. The predicted molar refractivity (Wildman–Crippen MR) is 71.9 cm³/mol. The number of rotatable bonds is 8. The molecule has 1 rings (SSSR count). The first-order valence-corrected chi connectivity index (χ1v) is 6.91. The number of nitrogens with zero attached hydrogens (tertiary/aromatic N) is 1. The van der Waals surface area contributed by atoms with Crippen molar-refractivity contribution >= 4 is 11.8 Å². The van der Waals surface area contributed by atoms with Crippen molar-refractivity contribution < 1.29 is 5.11 Å². The first-order valence-electron chi connectivity index (χ1n) is 5.76. The topological polar surface area (TPSA) is 56.0 Å². The van der Waals surface area contributed by atoms with Gasteiger partial charge in [-0.15, -0.1) is 0 Å². The number of thioether (sulfide) groups is 1. The molecule has 1 aromatic carbocycles. The Bertz CT molecular complexity index is 363. The third kappa shape index (κ3) is 5.73. The van der Waals surface area contributed by atoms with E-state index in [-0.39, 0.29) is 6.61 Å². The lowest BCUT2D eigenvalue weighted by Gasteiger charge is -2.06. The standard InChI is InChI=1S/C13H18N2OS/c14-10-12-4-1-2-5-13(12)11-15-6-9-17-8-3-7-16/h1-2,4-5,15-16H,3,6-9,11H2. The van der Waals surface area contributed by atoms with E-state index in [1.54, 1.807) is 0 Å². The van der Waals surface area contributed by atoms with Crippen molar-refractivity contribution in [2.24, 2.45) is 0 Å². The molecule has 0 radical (unpaired) electrons. The van der Waals surface area contributed by atoms with Gasteiger partial charge in [0.25, 0.3) is 0 Å². The number of nitrogens with one attached hydrogen (secondary N) is 1. The smallest absolute Gasteiger partial charge is 0.0995 e. The highest BCUT2D eigenvalue weighted by Gasteiger charge is 1.99. The van der Waals surface area contributed by atoms with Gasteiger partial charge >= 0.3 is 0 Å². The normalized spacial score (nSPS) is 10.1. The first-order chi connectivity index (χ1) is 8.38. The van der Waals surface area contributed by atoms with Crippen molar-refractivity contribution in [2.45, 2.75) is 13.0 Å². The molecule has 0 aliphatic carbocycles. The van der Waals surface area contributed by atoms with Crippen molar-refractivity contribution in [1.82, 2.24) is 5.32 Å². The number of hydrogen-bond donors (Lipinski definition) is 2. The summed E-state index contributed by atoms with van der Waals surface area (Å²) in [6.07, 6.45) is 0.863. The molecule has 92 valence electrons. The molecule has 0 fully saturated rings. The average Bonchev–Trinajstić information content (AvgIpc) is 2.38. The monoisotopic (exact) mass is 250 g/mol. The lowest BCUT2D eigenvalue weighted by Crippen LogP contribution is -2.17. The Morgan fingerprint density at radius 2 is 2.12 bits per heavy atom. The van der Waals surface area contributed by atoms with Crippen LogP contribution < -0.4 is 5.32 Å². The molecule has 0 atom stereocenters. The third-order valence-electron chi connectivity index (χ3n) is 2.32. The molecule has 0 aliphatic heterocycles. The van der Waals surface area contributed by atoms with E-state index in [1.165, 1.54) is 0 Å². The molecular weight excluding hydrogens is 232 g/mol. The maximum atomic E-state index is 8.91. The molecule has 3 nitrogen and oxygen atoms in total. The molecule has 4 heteroatoms. The Morgan fingerprint density at radius 1 is 1.29 bits per heavy atom. The minimum atomic E-state index is 0.274. The molecule has 2 N–H and O–H groups in total. The van der Waals surface area contributed by atoms with E-state index in [1.807, 2.05) is 36.0 Å². The Morgan fingerprint density at radius 3 is 2.88 bits per heavy atom. The van der Waals surface area contributed by atoms with E-state index in [0.29, 0.717) is 0 Å². The van der Waals surface area contributed by atoms with Crippen LogP contribution in [0.2, 0.25) is 0 Å². The van der Waals surface area contributed by atoms with E-state index in [0.717, 1.165) is 42.1 Å². The van der Waals surface area contributed by atoms with E-state index >= 15 is 0 Å².